The molecule has 108 valence electrons. The van der Waals surface area contributed by atoms with Crippen LogP contribution in [0.1, 0.15) is 20.3 Å². The average Bonchev–Trinajstić information content (AvgIpc) is 2.30. The molecule has 0 unspecified atom stereocenters. The van der Waals surface area contributed by atoms with Crippen molar-refractivity contribution in [3.63, 3.8) is 0 Å². The molecular weight excluding hydrogens is 309 g/mol. The number of ether oxygens (including phenoxy) is 1. The van der Waals surface area contributed by atoms with Crippen molar-refractivity contribution >= 4 is 33.2 Å². The van der Waals surface area contributed by atoms with Crippen LogP contribution >= 0.6 is 23.2 Å². The first-order valence-electron chi connectivity index (χ1n) is 5.80. The van der Waals surface area contributed by atoms with Gasteiger partial charge in [-0.2, -0.15) is 0 Å². The number of hydrogen-bond acceptors (Lipinski definition) is 3. The lowest BCUT2D eigenvalue weighted by molar-refractivity contribution is 0.414. The van der Waals surface area contributed by atoms with E-state index in [0.29, 0.717) is 18.2 Å². The fraction of sp³-hybridized carbons (Fsp3) is 0.500. The maximum absolute atomic E-state index is 12.1. The highest BCUT2D eigenvalue weighted by Crippen LogP contribution is 2.33. The van der Waals surface area contributed by atoms with E-state index in [-0.39, 0.29) is 14.9 Å². The number of halogens is 2. The van der Waals surface area contributed by atoms with Gasteiger partial charge in [0.15, 0.2) is 0 Å². The predicted octanol–water partition coefficient (Wildman–Crippen LogP) is 3.33. The van der Waals surface area contributed by atoms with Gasteiger partial charge in [0.25, 0.3) is 0 Å². The van der Waals surface area contributed by atoms with Gasteiger partial charge >= 0.3 is 0 Å². The van der Waals surface area contributed by atoms with E-state index >= 15 is 0 Å². The largest absolute Gasteiger partial charge is 0.495 e. The van der Waals surface area contributed by atoms with Crippen LogP contribution in [0.3, 0.4) is 0 Å². The van der Waals surface area contributed by atoms with E-state index in [0.717, 1.165) is 6.42 Å². The normalized spacial score (nSPS) is 11.9. The lowest BCUT2D eigenvalue weighted by Crippen LogP contribution is -2.26. The standard InChI is InChI=1S/C12H17Cl2NO3S/c1-8(2)4-5-15-19(16,17)12-7-9(13)11(18-3)6-10(12)14/h6-8,15H,4-5H2,1-3H3. The summed E-state index contributed by atoms with van der Waals surface area (Å²) in [6.07, 6.45) is 0.751. The smallest absolute Gasteiger partial charge is 0.242 e. The van der Waals surface area contributed by atoms with Crippen molar-refractivity contribution < 1.29 is 13.2 Å². The van der Waals surface area contributed by atoms with Crippen LogP contribution in [0.4, 0.5) is 0 Å². The molecule has 0 heterocycles. The van der Waals surface area contributed by atoms with Gasteiger partial charge in [0.05, 0.1) is 17.2 Å². The third-order valence-electron chi connectivity index (χ3n) is 2.51. The van der Waals surface area contributed by atoms with E-state index in [1.807, 2.05) is 13.8 Å². The summed E-state index contributed by atoms with van der Waals surface area (Å²) in [6, 6.07) is 2.68. The molecule has 0 saturated carbocycles. The molecule has 7 heteroatoms. The van der Waals surface area contributed by atoms with E-state index in [4.69, 9.17) is 27.9 Å². The molecule has 0 saturated heterocycles. The minimum Gasteiger partial charge on any atom is -0.495 e. The molecule has 1 aromatic rings. The van der Waals surface area contributed by atoms with Crippen LogP contribution in [-0.2, 0) is 10.0 Å². The highest BCUT2D eigenvalue weighted by Gasteiger charge is 2.20. The molecule has 0 fully saturated rings. The van der Waals surface area contributed by atoms with Gasteiger partial charge < -0.3 is 4.74 Å². The molecule has 0 amide bonds. The van der Waals surface area contributed by atoms with Gasteiger partial charge in [0.1, 0.15) is 10.6 Å². The molecule has 19 heavy (non-hydrogen) atoms. The summed E-state index contributed by atoms with van der Waals surface area (Å²) >= 11 is 11.9. The van der Waals surface area contributed by atoms with Crippen molar-refractivity contribution in [1.82, 2.24) is 4.72 Å². The van der Waals surface area contributed by atoms with Crippen molar-refractivity contribution in [1.29, 1.82) is 0 Å². The van der Waals surface area contributed by atoms with Crippen LogP contribution in [0.2, 0.25) is 10.0 Å². The highest BCUT2D eigenvalue weighted by atomic mass is 35.5. The first-order valence-corrected chi connectivity index (χ1v) is 8.04. The molecule has 0 atom stereocenters. The van der Waals surface area contributed by atoms with Crippen LogP contribution in [0, 0.1) is 5.92 Å². The molecule has 4 nitrogen and oxygen atoms in total. The second-order valence-electron chi connectivity index (χ2n) is 4.50. The summed E-state index contributed by atoms with van der Waals surface area (Å²) in [4.78, 5) is -0.0382. The lowest BCUT2D eigenvalue weighted by Gasteiger charge is -2.11. The molecule has 0 aromatic heterocycles. The Hall–Kier alpha value is -0.490. The number of sulfonamides is 1. The van der Waals surface area contributed by atoms with Gasteiger partial charge in [0, 0.05) is 12.6 Å². The maximum atomic E-state index is 12.1. The third-order valence-corrected chi connectivity index (χ3v) is 4.73. The van der Waals surface area contributed by atoms with Gasteiger partial charge in [-0.05, 0) is 18.4 Å². The summed E-state index contributed by atoms with van der Waals surface area (Å²) in [7, 11) is -2.22. The Morgan fingerprint density at radius 3 is 2.42 bits per heavy atom. The highest BCUT2D eigenvalue weighted by molar-refractivity contribution is 7.89. The van der Waals surface area contributed by atoms with Crippen LogP contribution < -0.4 is 9.46 Å². The van der Waals surface area contributed by atoms with E-state index in [1.54, 1.807) is 0 Å². The Labute approximate surface area is 124 Å². The summed E-state index contributed by atoms with van der Waals surface area (Å²) in [5.41, 5.74) is 0. The molecule has 1 N–H and O–H groups in total. The number of hydrogen-bond donors (Lipinski definition) is 1. The molecule has 0 spiro atoms. The fourth-order valence-corrected chi connectivity index (χ4v) is 3.33. The van der Waals surface area contributed by atoms with E-state index < -0.39 is 10.0 Å². The van der Waals surface area contributed by atoms with Crippen LogP contribution in [0.15, 0.2) is 17.0 Å². The first kappa shape index (κ1) is 16.6. The molecule has 0 bridgehead atoms. The molecule has 0 radical (unpaired) electrons. The van der Waals surface area contributed by atoms with Gasteiger partial charge in [-0.15, -0.1) is 0 Å². The number of benzene rings is 1. The zero-order valence-electron chi connectivity index (χ0n) is 11.0. The second-order valence-corrected chi connectivity index (χ2v) is 7.05. The number of methoxy groups -OCH3 is 1. The Morgan fingerprint density at radius 2 is 1.89 bits per heavy atom. The van der Waals surface area contributed by atoms with Crippen molar-refractivity contribution in [2.45, 2.75) is 25.2 Å². The maximum Gasteiger partial charge on any atom is 0.242 e. The minimum atomic E-state index is -3.66. The zero-order chi connectivity index (χ0) is 14.6. The van der Waals surface area contributed by atoms with E-state index in [1.165, 1.54) is 19.2 Å². The van der Waals surface area contributed by atoms with Gasteiger partial charge in [-0.25, -0.2) is 13.1 Å². The molecule has 0 aliphatic carbocycles. The van der Waals surface area contributed by atoms with Gasteiger partial charge in [-0.3, -0.25) is 0 Å². The molecule has 1 rings (SSSR count). The van der Waals surface area contributed by atoms with Gasteiger partial charge in [0.2, 0.25) is 10.0 Å². The second kappa shape index (κ2) is 6.79. The average molecular weight is 326 g/mol. The van der Waals surface area contributed by atoms with Crippen LogP contribution in [0.5, 0.6) is 5.75 Å². The lowest BCUT2D eigenvalue weighted by atomic mass is 10.1. The van der Waals surface area contributed by atoms with Crippen LogP contribution in [0.25, 0.3) is 0 Å². The summed E-state index contributed by atoms with van der Waals surface area (Å²) in [5, 5.41) is 0.287. The van der Waals surface area contributed by atoms with Crippen LogP contribution in [-0.4, -0.2) is 22.1 Å². The van der Waals surface area contributed by atoms with Crippen molar-refractivity contribution in [2.75, 3.05) is 13.7 Å². The quantitative estimate of drug-likeness (QED) is 0.872. The molecule has 0 aliphatic rings. The third kappa shape index (κ3) is 4.53. The molecular formula is C12H17Cl2NO3S. The molecule has 1 aromatic carbocycles. The number of rotatable bonds is 6. The topological polar surface area (TPSA) is 55.4 Å². The summed E-state index contributed by atoms with van der Waals surface area (Å²) < 4.78 is 31.7. The van der Waals surface area contributed by atoms with Crippen molar-refractivity contribution in [3.05, 3.63) is 22.2 Å². The Balaban J connectivity index is 2.98. The SMILES string of the molecule is COc1cc(Cl)c(S(=O)(=O)NCCC(C)C)cc1Cl. The predicted molar refractivity (Wildman–Crippen MR) is 77.7 cm³/mol. The Bertz CT molecular complexity index is 544. The Kier molecular flexibility index (Phi) is 5.92. The zero-order valence-corrected chi connectivity index (χ0v) is 13.4. The van der Waals surface area contributed by atoms with Crippen molar-refractivity contribution in [2.24, 2.45) is 5.92 Å². The number of nitrogens with one attached hydrogen (secondary N) is 1. The van der Waals surface area contributed by atoms with E-state index in [2.05, 4.69) is 4.72 Å². The minimum absolute atomic E-state index is 0.0382. The summed E-state index contributed by atoms with van der Waals surface area (Å²) in [6.45, 7) is 4.40. The Morgan fingerprint density at radius 1 is 1.26 bits per heavy atom. The van der Waals surface area contributed by atoms with E-state index in [9.17, 15) is 8.42 Å². The fourth-order valence-electron chi connectivity index (χ4n) is 1.43. The summed E-state index contributed by atoms with van der Waals surface area (Å²) in [5.74, 6) is 0.755. The van der Waals surface area contributed by atoms with Gasteiger partial charge in [-0.1, -0.05) is 37.0 Å². The van der Waals surface area contributed by atoms with Crippen molar-refractivity contribution in [3.8, 4) is 5.75 Å². The molecule has 0 aliphatic heterocycles. The first-order chi connectivity index (χ1) is 8.77. The monoisotopic (exact) mass is 325 g/mol.